The lowest BCUT2D eigenvalue weighted by Crippen LogP contribution is -2.11. The van der Waals surface area contributed by atoms with Crippen molar-refractivity contribution in [3.05, 3.63) is 42.4 Å². The standard InChI is InChI=1S/C10H8N2O/c13-8-4-6-12-10(7-8)9-3-1-2-5-11-9/h1-6H,7H2. The van der Waals surface area contributed by atoms with E-state index in [1.54, 1.807) is 6.20 Å². The van der Waals surface area contributed by atoms with Crippen LogP contribution in [0.5, 0.6) is 0 Å². The Morgan fingerprint density at radius 3 is 2.92 bits per heavy atom. The topological polar surface area (TPSA) is 42.3 Å². The van der Waals surface area contributed by atoms with Gasteiger partial charge in [-0.2, -0.15) is 0 Å². The average molecular weight is 172 g/mol. The second kappa shape index (κ2) is 3.31. The maximum Gasteiger partial charge on any atom is 0.163 e. The molecule has 0 fully saturated rings. The summed E-state index contributed by atoms with van der Waals surface area (Å²) >= 11 is 0. The summed E-state index contributed by atoms with van der Waals surface area (Å²) in [7, 11) is 0. The van der Waals surface area contributed by atoms with Gasteiger partial charge in [-0.3, -0.25) is 14.8 Å². The van der Waals surface area contributed by atoms with Crippen molar-refractivity contribution in [3.63, 3.8) is 0 Å². The van der Waals surface area contributed by atoms with Crippen LogP contribution in [-0.2, 0) is 4.79 Å². The summed E-state index contributed by atoms with van der Waals surface area (Å²) in [6, 6.07) is 5.57. The Hall–Kier alpha value is -1.77. The molecule has 0 aromatic carbocycles. The molecule has 0 aliphatic carbocycles. The second-order valence-electron chi connectivity index (χ2n) is 2.75. The molecule has 3 nitrogen and oxygen atoms in total. The largest absolute Gasteiger partial charge is 0.294 e. The van der Waals surface area contributed by atoms with Gasteiger partial charge in [0.15, 0.2) is 5.78 Å². The van der Waals surface area contributed by atoms with Crippen LogP contribution >= 0.6 is 0 Å². The van der Waals surface area contributed by atoms with E-state index in [4.69, 9.17) is 0 Å². The third kappa shape index (κ3) is 1.69. The number of ketones is 1. The normalized spacial score (nSPS) is 15.7. The van der Waals surface area contributed by atoms with Crippen LogP contribution in [0.4, 0.5) is 0 Å². The lowest BCUT2D eigenvalue weighted by molar-refractivity contribution is -0.113. The Morgan fingerprint density at radius 1 is 1.31 bits per heavy atom. The van der Waals surface area contributed by atoms with Crippen molar-refractivity contribution in [2.75, 3.05) is 0 Å². The van der Waals surface area contributed by atoms with Gasteiger partial charge in [-0.25, -0.2) is 0 Å². The molecular weight excluding hydrogens is 164 g/mol. The van der Waals surface area contributed by atoms with Gasteiger partial charge in [0.1, 0.15) is 0 Å². The predicted octanol–water partition coefficient (Wildman–Crippen LogP) is 1.36. The molecule has 0 bridgehead atoms. The Kier molecular flexibility index (Phi) is 2.00. The smallest absolute Gasteiger partial charge is 0.163 e. The highest BCUT2D eigenvalue weighted by molar-refractivity contribution is 6.14. The zero-order valence-corrected chi connectivity index (χ0v) is 6.97. The fourth-order valence-corrected chi connectivity index (χ4v) is 1.17. The Bertz CT molecular complexity index is 379. The molecule has 0 saturated carbocycles. The third-order valence-corrected chi connectivity index (χ3v) is 1.79. The molecule has 0 radical (unpaired) electrons. The van der Waals surface area contributed by atoms with Gasteiger partial charge in [0.05, 0.1) is 17.8 Å². The van der Waals surface area contributed by atoms with Gasteiger partial charge in [0.2, 0.25) is 0 Å². The van der Waals surface area contributed by atoms with Gasteiger partial charge in [0.25, 0.3) is 0 Å². The molecule has 1 aliphatic rings. The summed E-state index contributed by atoms with van der Waals surface area (Å²) in [5.41, 5.74) is 1.52. The number of nitrogens with zero attached hydrogens (tertiary/aromatic N) is 2. The van der Waals surface area contributed by atoms with Crippen LogP contribution in [0.15, 0.2) is 41.7 Å². The highest BCUT2D eigenvalue weighted by atomic mass is 16.1. The number of allylic oxidation sites excluding steroid dienone is 1. The van der Waals surface area contributed by atoms with E-state index in [0.29, 0.717) is 6.42 Å². The number of hydrogen-bond acceptors (Lipinski definition) is 3. The molecule has 2 heterocycles. The van der Waals surface area contributed by atoms with Crippen molar-refractivity contribution in [2.45, 2.75) is 6.42 Å². The number of pyridine rings is 1. The molecule has 0 atom stereocenters. The highest BCUT2D eigenvalue weighted by Gasteiger charge is 2.10. The third-order valence-electron chi connectivity index (χ3n) is 1.79. The van der Waals surface area contributed by atoms with E-state index in [9.17, 15) is 4.79 Å². The summed E-state index contributed by atoms with van der Waals surface area (Å²) in [6.45, 7) is 0. The minimum absolute atomic E-state index is 0.0793. The summed E-state index contributed by atoms with van der Waals surface area (Å²) in [5, 5.41) is 0. The fraction of sp³-hybridized carbons (Fsp3) is 0.100. The van der Waals surface area contributed by atoms with E-state index in [-0.39, 0.29) is 5.78 Å². The molecule has 0 spiro atoms. The van der Waals surface area contributed by atoms with Gasteiger partial charge in [-0.15, -0.1) is 0 Å². The summed E-state index contributed by atoms with van der Waals surface area (Å²) in [5.74, 6) is 0.0793. The molecule has 0 saturated heterocycles. The van der Waals surface area contributed by atoms with Gasteiger partial charge < -0.3 is 0 Å². The summed E-state index contributed by atoms with van der Waals surface area (Å²) in [6.07, 6.45) is 5.05. The van der Waals surface area contributed by atoms with Crippen molar-refractivity contribution < 1.29 is 4.79 Å². The SMILES string of the molecule is O=C1C=CN=C(c2ccccn2)C1. The molecule has 0 unspecified atom stereocenters. The van der Waals surface area contributed by atoms with E-state index < -0.39 is 0 Å². The summed E-state index contributed by atoms with van der Waals surface area (Å²) < 4.78 is 0. The average Bonchev–Trinajstić information content (AvgIpc) is 2.19. The molecule has 2 rings (SSSR count). The van der Waals surface area contributed by atoms with Crippen molar-refractivity contribution in [2.24, 2.45) is 4.99 Å². The van der Waals surface area contributed by atoms with Gasteiger partial charge >= 0.3 is 0 Å². The molecule has 13 heavy (non-hydrogen) atoms. The maximum absolute atomic E-state index is 11.1. The first-order chi connectivity index (χ1) is 6.36. The number of carbonyl (C=O) groups excluding carboxylic acids is 1. The number of carbonyl (C=O) groups is 1. The zero-order chi connectivity index (χ0) is 9.10. The van der Waals surface area contributed by atoms with E-state index in [1.807, 2.05) is 18.2 Å². The Morgan fingerprint density at radius 2 is 2.23 bits per heavy atom. The maximum atomic E-state index is 11.1. The molecular formula is C10H8N2O. The fourth-order valence-electron chi connectivity index (χ4n) is 1.17. The zero-order valence-electron chi connectivity index (χ0n) is 6.97. The number of aliphatic imine (C=N–C) groups is 1. The molecule has 3 heteroatoms. The van der Waals surface area contributed by atoms with Crippen LogP contribution in [0.2, 0.25) is 0 Å². The molecule has 64 valence electrons. The molecule has 1 aromatic rings. The Balaban J connectivity index is 2.33. The summed E-state index contributed by atoms with van der Waals surface area (Å²) in [4.78, 5) is 19.3. The molecule has 1 aliphatic heterocycles. The minimum atomic E-state index is 0.0793. The van der Waals surface area contributed by atoms with E-state index in [1.165, 1.54) is 12.3 Å². The monoisotopic (exact) mass is 172 g/mol. The van der Waals surface area contributed by atoms with Crippen LogP contribution in [0.1, 0.15) is 12.1 Å². The van der Waals surface area contributed by atoms with Gasteiger partial charge in [-0.1, -0.05) is 6.07 Å². The van der Waals surface area contributed by atoms with Gasteiger partial charge in [-0.05, 0) is 18.2 Å². The van der Waals surface area contributed by atoms with Crippen molar-refractivity contribution >= 4 is 11.5 Å². The van der Waals surface area contributed by atoms with E-state index in [2.05, 4.69) is 9.98 Å². The van der Waals surface area contributed by atoms with Crippen LogP contribution < -0.4 is 0 Å². The van der Waals surface area contributed by atoms with E-state index in [0.717, 1.165) is 11.4 Å². The highest BCUT2D eigenvalue weighted by Crippen LogP contribution is 2.06. The molecule has 1 aromatic heterocycles. The molecule has 0 amide bonds. The quantitative estimate of drug-likeness (QED) is 0.641. The number of aromatic nitrogens is 1. The number of hydrogen-bond donors (Lipinski definition) is 0. The van der Waals surface area contributed by atoms with Crippen molar-refractivity contribution in [1.82, 2.24) is 4.98 Å². The van der Waals surface area contributed by atoms with Crippen LogP contribution in [0, 0.1) is 0 Å². The van der Waals surface area contributed by atoms with Crippen LogP contribution in [0.25, 0.3) is 0 Å². The second-order valence-corrected chi connectivity index (χ2v) is 2.75. The first kappa shape index (κ1) is 7.86. The lowest BCUT2D eigenvalue weighted by Gasteiger charge is -2.04. The lowest BCUT2D eigenvalue weighted by atomic mass is 10.1. The first-order valence-corrected chi connectivity index (χ1v) is 4.04. The van der Waals surface area contributed by atoms with Crippen LogP contribution in [0.3, 0.4) is 0 Å². The number of rotatable bonds is 1. The van der Waals surface area contributed by atoms with Crippen LogP contribution in [-0.4, -0.2) is 16.5 Å². The first-order valence-electron chi connectivity index (χ1n) is 4.04. The van der Waals surface area contributed by atoms with Crippen molar-refractivity contribution in [3.8, 4) is 0 Å². The molecule has 0 N–H and O–H groups in total. The van der Waals surface area contributed by atoms with Crippen molar-refractivity contribution in [1.29, 1.82) is 0 Å². The predicted molar refractivity (Wildman–Crippen MR) is 49.5 cm³/mol. The van der Waals surface area contributed by atoms with E-state index >= 15 is 0 Å². The Labute approximate surface area is 75.8 Å². The minimum Gasteiger partial charge on any atom is -0.294 e. The van der Waals surface area contributed by atoms with Gasteiger partial charge in [0, 0.05) is 12.4 Å².